The Morgan fingerprint density at radius 3 is 2.86 bits per heavy atom. The minimum Gasteiger partial charge on any atom is -0.484 e. The zero-order chi connectivity index (χ0) is 15.1. The predicted molar refractivity (Wildman–Crippen MR) is 86.6 cm³/mol. The number of nitrogens with one attached hydrogen (secondary N) is 1. The molecule has 21 heavy (non-hydrogen) atoms. The molecule has 0 aliphatic heterocycles. The van der Waals surface area contributed by atoms with Crippen LogP contribution in [0.2, 0.25) is 0 Å². The topological polar surface area (TPSA) is 50.7 Å². The number of hydrogen-bond acceptors (Lipinski definition) is 3. The molecule has 2 aromatic rings. The number of carbonyl (C=O) groups excluding carboxylic acids is 1. The maximum absolute atomic E-state index is 11.6. The summed E-state index contributed by atoms with van der Waals surface area (Å²) in [6, 6.07) is 15.1. The van der Waals surface area contributed by atoms with E-state index in [1.807, 2.05) is 55.5 Å². The first-order chi connectivity index (χ1) is 10.1. The van der Waals surface area contributed by atoms with Gasteiger partial charge in [-0.15, -0.1) is 0 Å². The standard InChI is InChI=1S/C16H15BrN2O2/c1-12-5-4-7-14(9-12)21-11-16(20)19-18-10-13-6-2-3-8-15(13)17/h2-10H,11H2,1H3,(H,19,20)/b18-10-. The van der Waals surface area contributed by atoms with E-state index in [-0.39, 0.29) is 12.5 Å². The molecule has 0 spiro atoms. The van der Waals surface area contributed by atoms with Gasteiger partial charge in [-0.2, -0.15) is 5.10 Å². The molecule has 2 aromatic carbocycles. The third kappa shape index (κ3) is 5.04. The molecule has 4 nitrogen and oxygen atoms in total. The third-order valence-corrected chi connectivity index (χ3v) is 3.38. The van der Waals surface area contributed by atoms with Crippen LogP contribution in [0.25, 0.3) is 0 Å². The van der Waals surface area contributed by atoms with Crippen LogP contribution >= 0.6 is 15.9 Å². The van der Waals surface area contributed by atoms with Crippen LogP contribution in [0.15, 0.2) is 58.1 Å². The van der Waals surface area contributed by atoms with Crippen LogP contribution in [-0.4, -0.2) is 18.7 Å². The zero-order valence-electron chi connectivity index (χ0n) is 11.5. The number of aryl methyl sites for hydroxylation is 1. The van der Waals surface area contributed by atoms with E-state index in [0.29, 0.717) is 5.75 Å². The van der Waals surface area contributed by atoms with Gasteiger partial charge < -0.3 is 4.74 Å². The van der Waals surface area contributed by atoms with Crippen molar-refractivity contribution in [3.05, 3.63) is 64.1 Å². The van der Waals surface area contributed by atoms with Crippen molar-refractivity contribution in [1.29, 1.82) is 0 Å². The van der Waals surface area contributed by atoms with E-state index in [1.165, 1.54) is 0 Å². The number of hydrazone groups is 1. The summed E-state index contributed by atoms with van der Waals surface area (Å²) in [5, 5.41) is 3.90. The summed E-state index contributed by atoms with van der Waals surface area (Å²) in [5.41, 5.74) is 4.40. The molecule has 0 saturated heterocycles. The van der Waals surface area contributed by atoms with Gasteiger partial charge in [0, 0.05) is 10.0 Å². The van der Waals surface area contributed by atoms with Gasteiger partial charge in [0.2, 0.25) is 0 Å². The number of benzene rings is 2. The van der Waals surface area contributed by atoms with Crippen molar-refractivity contribution in [3.63, 3.8) is 0 Å². The highest BCUT2D eigenvalue weighted by atomic mass is 79.9. The molecule has 0 aliphatic carbocycles. The molecule has 1 N–H and O–H groups in total. The molecule has 0 aromatic heterocycles. The van der Waals surface area contributed by atoms with Gasteiger partial charge >= 0.3 is 0 Å². The summed E-state index contributed by atoms with van der Waals surface area (Å²) in [4.78, 5) is 11.6. The Morgan fingerprint density at radius 2 is 2.10 bits per heavy atom. The van der Waals surface area contributed by atoms with E-state index in [4.69, 9.17) is 4.74 Å². The fourth-order valence-electron chi connectivity index (χ4n) is 1.64. The number of hydrogen-bond donors (Lipinski definition) is 1. The average Bonchev–Trinajstić information content (AvgIpc) is 2.47. The van der Waals surface area contributed by atoms with Gasteiger partial charge in [-0.1, -0.05) is 46.3 Å². The maximum atomic E-state index is 11.6. The summed E-state index contributed by atoms with van der Waals surface area (Å²) < 4.78 is 6.30. The van der Waals surface area contributed by atoms with Gasteiger partial charge in [0.05, 0.1) is 6.21 Å². The molecule has 0 aliphatic rings. The minimum absolute atomic E-state index is 0.0727. The first kappa shape index (κ1) is 15.3. The van der Waals surface area contributed by atoms with E-state index in [0.717, 1.165) is 15.6 Å². The lowest BCUT2D eigenvalue weighted by molar-refractivity contribution is -0.123. The van der Waals surface area contributed by atoms with Crippen molar-refractivity contribution in [1.82, 2.24) is 5.43 Å². The molecule has 5 heteroatoms. The van der Waals surface area contributed by atoms with Crippen molar-refractivity contribution in [2.75, 3.05) is 6.61 Å². The lowest BCUT2D eigenvalue weighted by atomic mass is 10.2. The fourth-order valence-corrected chi connectivity index (χ4v) is 2.03. The third-order valence-electron chi connectivity index (χ3n) is 2.66. The predicted octanol–water partition coefficient (Wildman–Crippen LogP) is 3.29. The molecule has 0 radical (unpaired) electrons. The van der Waals surface area contributed by atoms with E-state index in [2.05, 4.69) is 26.5 Å². The van der Waals surface area contributed by atoms with Gasteiger partial charge in [-0.3, -0.25) is 4.79 Å². The van der Waals surface area contributed by atoms with Gasteiger partial charge in [0.1, 0.15) is 5.75 Å². The van der Waals surface area contributed by atoms with Gasteiger partial charge in [0.25, 0.3) is 5.91 Å². The minimum atomic E-state index is -0.306. The van der Waals surface area contributed by atoms with Crippen LogP contribution < -0.4 is 10.2 Å². The molecule has 108 valence electrons. The monoisotopic (exact) mass is 346 g/mol. The van der Waals surface area contributed by atoms with E-state index < -0.39 is 0 Å². The molecule has 2 rings (SSSR count). The smallest absolute Gasteiger partial charge is 0.277 e. The van der Waals surface area contributed by atoms with Crippen molar-refractivity contribution in [2.45, 2.75) is 6.92 Å². The summed E-state index contributed by atoms with van der Waals surface area (Å²) in [6.07, 6.45) is 1.58. The molecule has 0 heterocycles. The fraction of sp³-hybridized carbons (Fsp3) is 0.125. The molecule has 0 atom stereocenters. The Balaban J connectivity index is 1.81. The molecular weight excluding hydrogens is 332 g/mol. The Kier molecular flexibility index (Phi) is 5.51. The summed E-state index contributed by atoms with van der Waals surface area (Å²) in [7, 11) is 0. The van der Waals surface area contributed by atoms with Crippen molar-refractivity contribution < 1.29 is 9.53 Å². The normalized spacial score (nSPS) is 10.6. The summed E-state index contributed by atoms with van der Waals surface area (Å²) in [5.74, 6) is 0.361. The van der Waals surface area contributed by atoms with Crippen LogP contribution in [0.3, 0.4) is 0 Å². The van der Waals surface area contributed by atoms with Gasteiger partial charge in [-0.25, -0.2) is 5.43 Å². The Morgan fingerprint density at radius 1 is 1.29 bits per heavy atom. The summed E-state index contributed by atoms with van der Waals surface area (Å²) >= 11 is 3.40. The van der Waals surface area contributed by atoms with E-state index in [9.17, 15) is 4.79 Å². The van der Waals surface area contributed by atoms with Gasteiger partial charge in [-0.05, 0) is 30.7 Å². The molecule has 0 bridgehead atoms. The second kappa shape index (κ2) is 7.59. The molecule has 1 amide bonds. The Bertz CT molecular complexity index is 656. The highest BCUT2D eigenvalue weighted by molar-refractivity contribution is 9.10. The molecule has 0 fully saturated rings. The van der Waals surface area contributed by atoms with E-state index >= 15 is 0 Å². The second-order valence-corrected chi connectivity index (χ2v) is 5.27. The number of rotatable bonds is 5. The number of ether oxygens (including phenoxy) is 1. The average molecular weight is 347 g/mol. The van der Waals surface area contributed by atoms with Crippen molar-refractivity contribution >= 4 is 28.1 Å². The van der Waals surface area contributed by atoms with Crippen LogP contribution in [0, 0.1) is 6.92 Å². The number of carbonyl (C=O) groups is 1. The summed E-state index contributed by atoms with van der Waals surface area (Å²) in [6.45, 7) is 1.89. The quantitative estimate of drug-likeness (QED) is 0.667. The molecular formula is C16H15BrN2O2. The Labute approximate surface area is 132 Å². The second-order valence-electron chi connectivity index (χ2n) is 4.42. The van der Waals surface area contributed by atoms with E-state index in [1.54, 1.807) is 6.21 Å². The first-order valence-corrected chi connectivity index (χ1v) is 7.20. The number of halogens is 1. The van der Waals surface area contributed by atoms with Crippen molar-refractivity contribution in [2.24, 2.45) is 5.10 Å². The lowest BCUT2D eigenvalue weighted by Crippen LogP contribution is -2.24. The largest absolute Gasteiger partial charge is 0.484 e. The highest BCUT2D eigenvalue weighted by Gasteiger charge is 2.01. The lowest BCUT2D eigenvalue weighted by Gasteiger charge is -2.05. The Hall–Kier alpha value is -2.14. The van der Waals surface area contributed by atoms with Crippen LogP contribution in [0.1, 0.15) is 11.1 Å². The van der Waals surface area contributed by atoms with Crippen LogP contribution in [0.4, 0.5) is 0 Å². The SMILES string of the molecule is Cc1cccc(OCC(=O)N/N=C\c2ccccc2Br)c1. The maximum Gasteiger partial charge on any atom is 0.277 e. The number of nitrogens with zero attached hydrogens (tertiary/aromatic N) is 1. The van der Waals surface area contributed by atoms with Crippen LogP contribution in [-0.2, 0) is 4.79 Å². The van der Waals surface area contributed by atoms with Crippen molar-refractivity contribution in [3.8, 4) is 5.75 Å². The van der Waals surface area contributed by atoms with Gasteiger partial charge in [0.15, 0.2) is 6.61 Å². The highest BCUT2D eigenvalue weighted by Crippen LogP contribution is 2.13. The molecule has 0 saturated carbocycles. The number of amides is 1. The zero-order valence-corrected chi connectivity index (χ0v) is 13.1. The van der Waals surface area contributed by atoms with Crippen LogP contribution in [0.5, 0.6) is 5.75 Å². The first-order valence-electron chi connectivity index (χ1n) is 6.41. The molecule has 0 unspecified atom stereocenters.